The van der Waals surface area contributed by atoms with Crippen molar-refractivity contribution in [2.75, 3.05) is 11.1 Å². The Balaban J connectivity index is 1.35. The number of carbonyl (C=O) groups excluding carboxylic acids is 1. The summed E-state index contributed by atoms with van der Waals surface area (Å²) in [4.78, 5) is 18.3. The normalized spacial score (nSPS) is 11.1. The standard InChI is InChI=1S/C22H23N5OS3/c1-4-5-17-10-16(11-29-17)20-25-26-22(27(20)3)31-13-19(28)24-21-23-18(12-30-21)15-8-6-14(2)7-9-15/h6-12H,4-5,13H2,1-3H3,(H,23,24,28). The van der Waals surface area contributed by atoms with Gasteiger partial charge in [0.2, 0.25) is 5.91 Å². The van der Waals surface area contributed by atoms with Gasteiger partial charge in [0, 0.05) is 33.8 Å². The third-order valence-corrected chi connectivity index (χ3v) is 7.45. The van der Waals surface area contributed by atoms with Crippen molar-refractivity contribution in [3.63, 3.8) is 0 Å². The van der Waals surface area contributed by atoms with Crippen molar-refractivity contribution in [1.29, 1.82) is 0 Å². The number of rotatable bonds is 8. The number of anilines is 1. The van der Waals surface area contributed by atoms with Crippen LogP contribution < -0.4 is 5.32 Å². The molecule has 4 rings (SSSR count). The van der Waals surface area contributed by atoms with E-state index in [2.05, 4.69) is 57.9 Å². The van der Waals surface area contributed by atoms with Gasteiger partial charge in [0.25, 0.3) is 0 Å². The van der Waals surface area contributed by atoms with E-state index in [9.17, 15) is 4.79 Å². The molecular formula is C22H23N5OS3. The minimum absolute atomic E-state index is 0.111. The van der Waals surface area contributed by atoms with Gasteiger partial charge in [-0.2, -0.15) is 0 Å². The molecule has 0 aliphatic carbocycles. The first-order valence-corrected chi connectivity index (χ1v) is 12.7. The minimum atomic E-state index is -0.111. The van der Waals surface area contributed by atoms with Crippen molar-refractivity contribution < 1.29 is 4.79 Å². The lowest BCUT2D eigenvalue weighted by molar-refractivity contribution is -0.113. The van der Waals surface area contributed by atoms with Crippen LogP contribution in [-0.2, 0) is 18.3 Å². The zero-order valence-electron chi connectivity index (χ0n) is 17.6. The van der Waals surface area contributed by atoms with E-state index in [1.807, 2.05) is 29.1 Å². The molecule has 6 nitrogen and oxygen atoms in total. The number of aromatic nitrogens is 4. The molecule has 0 atom stereocenters. The van der Waals surface area contributed by atoms with E-state index in [-0.39, 0.29) is 11.7 Å². The molecule has 4 aromatic rings. The van der Waals surface area contributed by atoms with Crippen LogP contribution in [0.3, 0.4) is 0 Å². The van der Waals surface area contributed by atoms with Crippen LogP contribution in [-0.4, -0.2) is 31.4 Å². The fraction of sp³-hybridized carbons (Fsp3) is 0.273. The Bertz CT molecular complexity index is 1180. The number of benzene rings is 1. The van der Waals surface area contributed by atoms with E-state index >= 15 is 0 Å². The number of nitrogens with one attached hydrogen (secondary N) is 1. The third-order valence-electron chi connectivity index (χ3n) is 4.67. The summed E-state index contributed by atoms with van der Waals surface area (Å²) in [5, 5.41) is 16.9. The van der Waals surface area contributed by atoms with Crippen LogP contribution in [0.25, 0.3) is 22.6 Å². The average Bonchev–Trinajstić information content (AvgIpc) is 3.48. The van der Waals surface area contributed by atoms with Crippen LogP contribution in [0, 0.1) is 6.92 Å². The number of amides is 1. The van der Waals surface area contributed by atoms with E-state index in [4.69, 9.17) is 0 Å². The molecule has 0 aliphatic heterocycles. The van der Waals surface area contributed by atoms with Crippen molar-refractivity contribution in [2.24, 2.45) is 7.05 Å². The van der Waals surface area contributed by atoms with Crippen LogP contribution >= 0.6 is 34.4 Å². The SMILES string of the molecule is CCCc1cc(-c2nnc(SCC(=O)Nc3nc(-c4ccc(C)cc4)cs3)n2C)cs1. The van der Waals surface area contributed by atoms with Gasteiger partial charge in [-0.1, -0.05) is 54.9 Å². The Morgan fingerprint density at radius 2 is 1.94 bits per heavy atom. The maximum atomic E-state index is 12.4. The maximum absolute atomic E-state index is 12.4. The summed E-state index contributed by atoms with van der Waals surface area (Å²) in [6, 6.07) is 10.4. The summed E-state index contributed by atoms with van der Waals surface area (Å²) >= 11 is 4.54. The lowest BCUT2D eigenvalue weighted by atomic mass is 10.1. The Labute approximate surface area is 193 Å². The summed E-state index contributed by atoms with van der Waals surface area (Å²) in [5.41, 5.74) is 4.19. The molecule has 0 aliphatic rings. The molecule has 1 amide bonds. The molecule has 1 aromatic carbocycles. The van der Waals surface area contributed by atoms with Gasteiger partial charge in [-0.05, 0) is 19.4 Å². The molecule has 0 saturated carbocycles. The van der Waals surface area contributed by atoms with Gasteiger partial charge in [-0.25, -0.2) is 4.98 Å². The highest BCUT2D eigenvalue weighted by Crippen LogP contribution is 2.28. The van der Waals surface area contributed by atoms with E-state index in [1.165, 1.54) is 33.5 Å². The molecule has 160 valence electrons. The first-order valence-electron chi connectivity index (χ1n) is 9.96. The zero-order valence-corrected chi connectivity index (χ0v) is 20.0. The Morgan fingerprint density at radius 1 is 1.13 bits per heavy atom. The fourth-order valence-electron chi connectivity index (χ4n) is 3.04. The number of aryl methyl sites for hydroxylation is 2. The summed E-state index contributed by atoms with van der Waals surface area (Å²) < 4.78 is 1.94. The lowest BCUT2D eigenvalue weighted by Crippen LogP contribution is -2.14. The van der Waals surface area contributed by atoms with E-state index in [0.717, 1.165) is 35.5 Å². The van der Waals surface area contributed by atoms with Gasteiger partial charge in [-0.3, -0.25) is 4.79 Å². The van der Waals surface area contributed by atoms with Crippen LogP contribution in [0.5, 0.6) is 0 Å². The van der Waals surface area contributed by atoms with Crippen LogP contribution in [0.15, 0.2) is 46.2 Å². The van der Waals surface area contributed by atoms with Gasteiger partial charge in [0.15, 0.2) is 16.1 Å². The smallest absolute Gasteiger partial charge is 0.236 e. The monoisotopic (exact) mass is 469 g/mol. The van der Waals surface area contributed by atoms with Crippen molar-refractivity contribution in [3.05, 3.63) is 51.5 Å². The molecule has 1 N–H and O–H groups in total. The predicted octanol–water partition coefficient (Wildman–Crippen LogP) is 5.66. The number of carbonyl (C=O) groups is 1. The highest BCUT2D eigenvalue weighted by molar-refractivity contribution is 7.99. The fourth-order valence-corrected chi connectivity index (χ4v) is 5.46. The second-order valence-electron chi connectivity index (χ2n) is 7.16. The van der Waals surface area contributed by atoms with Crippen LogP contribution in [0.1, 0.15) is 23.8 Å². The largest absolute Gasteiger partial charge is 0.305 e. The van der Waals surface area contributed by atoms with Crippen molar-refractivity contribution in [2.45, 2.75) is 31.8 Å². The Kier molecular flexibility index (Phi) is 6.84. The predicted molar refractivity (Wildman–Crippen MR) is 130 cm³/mol. The van der Waals surface area contributed by atoms with Gasteiger partial charge in [0.1, 0.15) is 0 Å². The van der Waals surface area contributed by atoms with E-state index in [0.29, 0.717) is 10.3 Å². The molecule has 0 bridgehead atoms. The first-order chi connectivity index (χ1) is 15.0. The molecule has 0 fully saturated rings. The second kappa shape index (κ2) is 9.76. The van der Waals surface area contributed by atoms with E-state index in [1.54, 1.807) is 11.3 Å². The second-order valence-corrected chi connectivity index (χ2v) is 9.95. The number of hydrogen-bond donors (Lipinski definition) is 1. The number of thioether (sulfide) groups is 1. The molecule has 0 saturated heterocycles. The molecule has 31 heavy (non-hydrogen) atoms. The first kappa shape index (κ1) is 21.7. The molecule has 9 heteroatoms. The molecule has 0 spiro atoms. The number of nitrogens with zero attached hydrogens (tertiary/aromatic N) is 4. The van der Waals surface area contributed by atoms with Gasteiger partial charge < -0.3 is 9.88 Å². The maximum Gasteiger partial charge on any atom is 0.236 e. The summed E-state index contributed by atoms with van der Waals surface area (Å²) in [6.07, 6.45) is 2.20. The minimum Gasteiger partial charge on any atom is -0.305 e. The topological polar surface area (TPSA) is 72.7 Å². The molecule has 3 aromatic heterocycles. The number of hydrogen-bond acceptors (Lipinski definition) is 7. The molecule has 0 unspecified atom stereocenters. The lowest BCUT2D eigenvalue weighted by Gasteiger charge is -2.03. The highest BCUT2D eigenvalue weighted by Gasteiger charge is 2.15. The average molecular weight is 470 g/mol. The van der Waals surface area contributed by atoms with Crippen molar-refractivity contribution >= 4 is 45.5 Å². The quantitative estimate of drug-likeness (QED) is 0.337. The summed E-state index contributed by atoms with van der Waals surface area (Å²) in [7, 11) is 1.93. The summed E-state index contributed by atoms with van der Waals surface area (Å²) in [5.74, 6) is 0.958. The van der Waals surface area contributed by atoms with Crippen LogP contribution in [0.4, 0.5) is 5.13 Å². The highest BCUT2D eigenvalue weighted by atomic mass is 32.2. The van der Waals surface area contributed by atoms with E-state index < -0.39 is 0 Å². The zero-order chi connectivity index (χ0) is 21.8. The third kappa shape index (κ3) is 5.23. The number of thiophene rings is 1. The van der Waals surface area contributed by atoms with Crippen LogP contribution in [0.2, 0.25) is 0 Å². The summed E-state index contributed by atoms with van der Waals surface area (Å²) in [6.45, 7) is 4.23. The Morgan fingerprint density at radius 3 is 2.71 bits per heavy atom. The van der Waals surface area contributed by atoms with Gasteiger partial charge in [0.05, 0.1) is 11.4 Å². The molecule has 0 radical (unpaired) electrons. The van der Waals surface area contributed by atoms with Crippen molar-refractivity contribution in [3.8, 4) is 22.6 Å². The molecular weight excluding hydrogens is 446 g/mol. The van der Waals surface area contributed by atoms with Gasteiger partial charge in [-0.15, -0.1) is 32.9 Å². The molecule has 3 heterocycles. The van der Waals surface area contributed by atoms with Gasteiger partial charge >= 0.3 is 0 Å². The Hall–Kier alpha value is -2.49. The number of thiazole rings is 1. The van der Waals surface area contributed by atoms with Crippen molar-refractivity contribution in [1.82, 2.24) is 19.7 Å².